The summed E-state index contributed by atoms with van der Waals surface area (Å²) in [6.07, 6.45) is 5.56. The molecule has 1 saturated carbocycles. The van der Waals surface area contributed by atoms with Gasteiger partial charge in [0.05, 0.1) is 5.41 Å². The smallest absolute Gasteiger partial charge is 0.230 e. The zero-order valence-corrected chi connectivity index (χ0v) is 10.5. The molecule has 1 atom stereocenters. The van der Waals surface area contributed by atoms with Crippen LogP contribution >= 0.6 is 0 Å². The molecular weight excluding hydrogens is 200 g/mol. The molecule has 2 N–H and O–H groups in total. The van der Waals surface area contributed by atoms with Gasteiger partial charge in [0, 0.05) is 19.1 Å². The lowest BCUT2D eigenvalue weighted by Gasteiger charge is -2.49. The number of carbonyl (C=O) groups excluding carboxylic acids is 1. The van der Waals surface area contributed by atoms with E-state index in [1.807, 2.05) is 0 Å². The normalized spacial score (nSPS) is 39.3. The van der Waals surface area contributed by atoms with Crippen molar-refractivity contribution in [3.8, 4) is 0 Å². The summed E-state index contributed by atoms with van der Waals surface area (Å²) in [6.45, 7) is 5.85. The van der Waals surface area contributed by atoms with Crippen molar-refractivity contribution in [2.45, 2.75) is 52.0 Å². The van der Waals surface area contributed by atoms with Crippen LogP contribution in [-0.4, -0.2) is 29.9 Å². The molecular formula is C13H24N2O. The van der Waals surface area contributed by atoms with Crippen LogP contribution in [0.3, 0.4) is 0 Å². The van der Waals surface area contributed by atoms with Gasteiger partial charge in [0.1, 0.15) is 0 Å². The van der Waals surface area contributed by atoms with Gasteiger partial charge in [-0.3, -0.25) is 4.79 Å². The SMILES string of the molecule is CC1CC(CN)(C(=O)N2CCCCC2C)C1. The summed E-state index contributed by atoms with van der Waals surface area (Å²) in [7, 11) is 0. The van der Waals surface area contributed by atoms with Crippen LogP contribution in [0.15, 0.2) is 0 Å². The lowest BCUT2D eigenvalue weighted by Crippen LogP contribution is -2.57. The van der Waals surface area contributed by atoms with Crippen molar-refractivity contribution < 1.29 is 4.79 Å². The highest BCUT2D eigenvalue weighted by Crippen LogP contribution is 2.46. The minimum atomic E-state index is -0.203. The molecule has 16 heavy (non-hydrogen) atoms. The summed E-state index contributed by atoms with van der Waals surface area (Å²) in [5.74, 6) is 1.01. The average Bonchev–Trinajstić information content (AvgIpc) is 2.24. The molecule has 0 bridgehead atoms. The molecule has 0 aromatic rings. The molecule has 3 heteroatoms. The Morgan fingerprint density at radius 3 is 2.56 bits per heavy atom. The second-order valence-electron chi connectivity index (χ2n) is 5.84. The summed E-state index contributed by atoms with van der Waals surface area (Å²) >= 11 is 0. The zero-order valence-electron chi connectivity index (χ0n) is 10.5. The topological polar surface area (TPSA) is 46.3 Å². The predicted molar refractivity (Wildman–Crippen MR) is 64.9 cm³/mol. The first kappa shape index (κ1) is 11.9. The van der Waals surface area contributed by atoms with Gasteiger partial charge in [-0.15, -0.1) is 0 Å². The summed E-state index contributed by atoms with van der Waals surface area (Å²) in [4.78, 5) is 14.6. The highest BCUT2D eigenvalue weighted by molar-refractivity contribution is 5.84. The van der Waals surface area contributed by atoms with E-state index in [4.69, 9.17) is 5.73 Å². The molecule has 1 unspecified atom stereocenters. The lowest BCUT2D eigenvalue weighted by atomic mass is 9.61. The van der Waals surface area contributed by atoms with E-state index < -0.39 is 0 Å². The van der Waals surface area contributed by atoms with E-state index in [9.17, 15) is 4.79 Å². The van der Waals surface area contributed by atoms with Crippen molar-refractivity contribution in [2.24, 2.45) is 17.1 Å². The van der Waals surface area contributed by atoms with Gasteiger partial charge in [-0.25, -0.2) is 0 Å². The average molecular weight is 224 g/mol. The number of hydrogen-bond donors (Lipinski definition) is 1. The van der Waals surface area contributed by atoms with Crippen molar-refractivity contribution in [2.75, 3.05) is 13.1 Å². The first-order chi connectivity index (χ1) is 7.59. The molecule has 1 amide bonds. The number of carbonyl (C=O) groups is 1. The predicted octanol–water partition coefficient (Wildman–Crippen LogP) is 1.76. The molecule has 0 radical (unpaired) electrons. The number of piperidine rings is 1. The van der Waals surface area contributed by atoms with Crippen LogP contribution in [0.1, 0.15) is 46.0 Å². The Bertz CT molecular complexity index is 271. The molecule has 0 spiro atoms. The van der Waals surface area contributed by atoms with Crippen LogP contribution in [0.25, 0.3) is 0 Å². The molecule has 2 fully saturated rings. The molecule has 92 valence electrons. The fraction of sp³-hybridized carbons (Fsp3) is 0.923. The van der Waals surface area contributed by atoms with Crippen molar-refractivity contribution in [3.63, 3.8) is 0 Å². The van der Waals surface area contributed by atoms with E-state index in [-0.39, 0.29) is 5.41 Å². The maximum Gasteiger partial charge on any atom is 0.230 e. The monoisotopic (exact) mass is 224 g/mol. The van der Waals surface area contributed by atoms with Gasteiger partial charge in [-0.1, -0.05) is 6.92 Å². The van der Waals surface area contributed by atoms with Gasteiger partial charge in [0.25, 0.3) is 0 Å². The van der Waals surface area contributed by atoms with Gasteiger partial charge in [-0.2, -0.15) is 0 Å². The Labute approximate surface area is 98.4 Å². The minimum absolute atomic E-state index is 0.203. The second kappa shape index (κ2) is 4.36. The van der Waals surface area contributed by atoms with Crippen LogP contribution < -0.4 is 5.73 Å². The maximum atomic E-state index is 12.5. The third kappa shape index (κ3) is 1.86. The molecule has 1 saturated heterocycles. The lowest BCUT2D eigenvalue weighted by molar-refractivity contribution is -0.153. The fourth-order valence-electron chi connectivity index (χ4n) is 3.41. The Morgan fingerprint density at radius 1 is 1.38 bits per heavy atom. The number of hydrogen-bond acceptors (Lipinski definition) is 2. The van der Waals surface area contributed by atoms with E-state index in [1.165, 1.54) is 6.42 Å². The van der Waals surface area contributed by atoms with Gasteiger partial charge in [0.15, 0.2) is 0 Å². The first-order valence-corrected chi connectivity index (χ1v) is 6.60. The van der Waals surface area contributed by atoms with Gasteiger partial charge in [0.2, 0.25) is 5.91 Å². The maximum absolute atomic E-state index is 12.5. The van der Waals surface area contributed by atoms with Crippen LogP contribution in [0, 0.1) is 11.3 Å². The molecule has 0 aromatic heterocycles. The van der Waals surface area contributed by atoms with E-state index >= 15 is 0 Å². The molecule has 0 aromatic carbocycles. The van der Waals surface area contributed by atoms with E-state index in [0.29, 0.717) is 24.4 Å². The Kier molecular flexibility index (Phi) is 3.24. The number of likely N-dealkylation sites (tertiary alicyclic amines) is 1. The molecule has 1 aliphatic heterocycles. The molecule has 1 aliphatic carbocycles. The Hall–Kier alpha value is -0.570. The summed E-state index contributed by atoms with van der Waals surface area (Å²) in [5.41, 5.74) is 5.63. The highest BCUT2D eigenvalue weighted by Gasteiger charge is 2.49. The summed E-state index contributed by atoms with van der Waals surface area (Å²) in [5, 5.41) is 0. The van der Waals surface area contributed by atoms with Crippen LogP contribution in [0.4, 0.5) is 0 Å². The first-order valence-electron chi connectivity index (χ1n) is 6.60. The van der Waals surface area contributed by atoms with Gasteiger partial charge in [-0.05, 0) is 44.9 Å². The van der Waals surface area contributed by atoms with E-state index in [0.717, 1.165) is 32.2 Å². The standard InChI is InChI=1S/C13H24N2O/c1-10-7-13(8-10,9-14)12(16)15-6-4-3-5-11(15)2/h10-11H,3-9,14H2,1-2H3. The Morgan fingerprint density at radius 2 is 2.06 bits per heavy atom. The third-order valence-corrected chi connectivity index (χ3v) is 4.39. The molecule has 1 heterocycles. The fourth-order valence-corrected chi connectivity index (χ4v) is 3.41. The number of rotatable bonds is 2. The number of nitrogens with zero attached hydrogens (tertiary/aromatic N) is 1. The molecule has 2 aliphatic rings. The number of nitrogens with two attached hydrogens (primary N) is 1. The Balaban J connectivity index is 2.05. The van der Waals surface area contributed by atoms with E-state index in [2.05, 4.69) is 18.7 Å². The van der Waals surface area contributed by atoms with E-state index in [1.54, 1.807) is 0 Å². The van der Waals surface area contributed by atoms with Gasteiger partial charge < -0.3 is 10.6 Å². The number of amides is 1. The quantitative estimate of drug-likeness (QED) is 0.777. The largest absolute Gasteiger partial charge is 0.339 e. The molecule has 3 nitrogen and oxygen atoms in total. The third-order valence-electron chi connectivity index (χ3n) is 4.39. The van der Waals surface area contributed by atoms with Crippen molar-refractivity contribution >= 4 is 5.91 Å². The highest BCUT2D eigenvalue weighted by atomic mass is 16.2. The van der Waals surface area contributed by atoms with Crippen LogP contribution in [-0.2, 0) is 4.79 Å². The van der Waals surface area contributed by atoms with Crippen LogP contribution in [0.5, 0.6) is 0 Å². The van der Waals surface area contributed by atoms with Crippen LogP contribution in [0.2, 0.25) is 0 Å². The van der Waals surface area contributed by atoms with Gasteiger partial charge >= 0.3 is 0 Å². The van der Waals surface area contributed by atoms with Crippen molar-refractivity contribution in [1.82, 2.24) is 4.90 Å². The van der Waals surface area contributed by atoms with Crippen molar-refractivity contribution in [1.29, 1.82) is 0 Å². The minimum Gasteiger partial charge on any atom is -0.339 e. The molecule has 2 rings (SSSR count). The summed E-state index contributed by atoms with van der Waals surface area (Å²) in [6, 6.07) is 0.417. The zero-order chi connectivity index (χ0) is 11.8. The summed E-state index contributed by atoms with van der Waals surface area (Å²) < 4.78 is 0. The second-order valence-corrected chi connectivity index (χ2v) is 5.84. The van der Waals surface area contributed by atoms with Crippen molar-refractivity contribution in [3.05, 3.63) is 0 Å².